The van der Waals surface area contributed by atoms with E-state index in [2.05, 4.69) is 17.2 Å². The van der Waals surface area contributed by atoms with E-state index >= 15 is 0 Å². The van der Waals surface area contributed by atoms with Gasteiger partial charge in [-0.1, -0.05) is 11.8 Å². The maximum atomic E-state index is 13.2. The number of carbonyl (C=O) groups is 2. The summed E-state index contributed by atoms with van der Waals surface area (Å²) in [6, 6.07) is 3.57. The lowest BCUT2D eigenvalue weighted by Gasteiger charge is -2.22. The molecule has 5 N–H and O–H groups in total. The topological polar surface area (TPSA) is 98.2 Å². The van der Waals surface area contributed by atoms with E-state index < -0.39 is 23.2 Å². The summed E-state index contributed by atoms with van der Waals surface area (Å²) in [5, 5.41) is 2.47. The molecule has 0 radical (unpaired) electrons. The predicted molar refractivity (Wildman–Crippen MR) is 73.1 cm³/mol. The third kappa shape index (κ3) is 3.80. The second-order valence-corrected chi connectivity index (χ2v) is 4.64. The summed E-state index contributed by atoms with van der Waals surface area (Å²) in [7, 11) is 0. The van der Waals surface area contributed by atoms with Gasteiger partial charge in [-0.15, -0.1) is 0 Å². The van der Waals surface area contributed by atoms with Gasteiger partial charge < -0.3 is 16.8 Å². The molecule has 0 aliphatic carbocycles. The van der Waals surface area contributed by atoms with Gasteiger partial charge in [0, 0.05) is 5.56 Å². The molecule has 0 unspecified atom stereocenters. The molecule has 0 aliphatic rings. The largest absolute Gasteiger partial charge is 0.368 e. The molecule has 0 atom stereocenters. The molecule has 1 aromatic rings. The zero-order valence-electron chi connectivity index (χ0n) is 11.3. The smallest absolute Gasteiger partial charge is 0.253 e. The molecule has 0 aliphatic heterocycles. The van der Waals surface area contributed by atoms with Gasteiger partial charge in [0.2, 0.25) is 5.91 Å². The lowest BCUT2D eigenvalue weighted by molar-refractivity contribution is -0.122. The Morgan fingerprint density at radius 1 is 1.40 bits per heavy atom. The molecule has 5 nitrogen and oxygen atoms in total. The number of nitrogens with two attached hydrogens (primary N) is 2. The summed E-state index contributed by atoms with van der Waals surface area (Å²) < 4.78 is 13.2. The number of benzene rings is 1. The van der Waals surface area contributed by atoms with E-state index in [9.17, 15) is 14.0 Å². The van der Waals surface area contributed by atoms with Crippen molar-refractivity contribution in [3.8, 4) is 11.8 Å². The van der Waals surface area contributed by atoms with Crippen molar-refractivity contribution in [3.05, 3.63) is 35.1 Å². The van der Waals surface area contributed by atoms with Crippen LogP contribution in [0.2, 0.25) is 0 Å². The average molecular weight is 277 g/mol. The van der Waals surface area contributed by atoms with Crippen LogP contribution >= 0.6 is 0 Å². The highest BCUT2D eigenvalue weighted by molar-refractivity contribution is 6.00. The van der Waals surface area contributed by atoms with Crippen molar-refractivity contribution in [3.63, 3.8) is 0 Å². The van der Waals surface area contributed by atoms with Gasteiger partial charge in [0.25, 0.3) is 5.91 Å². The van der Waals surface area contributed by atoms with Crippen LogP contribution in [0.5, 0.6) is 0 Å². The van der Waals surface area contributed by atoms with Gasteiger partial charge in [-0.3, -0.25) is 9.59 Å². The van der Waals surface area contributed by atoms with Gasteiger partial charge in [0.1, 0.15) is 11.4 Å². The fourth-order valence-electron chi connectivity index (χ4n) is 1.38. The normalized spacial score (nSPS) is 10.4. The fourth-order valence-corrected chi connectivity index (χ4v) is 1.38. The van der Waals surface area contributed by atoms with Crippen LogP contribution in [-0.4, -0.2) is 23.9 Å². The minimum atomic E-state index is -1.22. The molecule has 0 saturated heterocycles. The van der Waals surface area contributed by atoms with Gasteiger partial charge in [-0.25, -0.2) is 4.39 Å². The van der Waals surface area contributed by atoms with Gasteiger partial charge >= 0.3 is 0 Å². The van der Waals surface area contributed by atoms with Crippen LogP contribution in [0.1, 0.15) is 29.8 Å². The Balaban J connectivity index is 3.13. The predicted octanol–water partition coefficient (Wildman–Crippen LogP) is 0.130. The van der Waals surface area contributed by atoms with Crippen molar-refractivity contribution in [1.82, 2.24) is 5.32 Å². The maximum Gasteiger partial charge on any atom is 0.253 e. The van der Waals surface area contributed by atoms with Crippen molar-refractivity contribution in [1.29, 1.82) is 0 Å². The molecular weight excluding hydrogens is 261 g/mol. The Morgan fingerprint density at radius 3 is 2.60 bits per heavy atom. The first-order valence-corrected chi connectivity index (χ1v) is 5.89. The summed E-state index contributed by atoms with van der Waals surface area (Å²) in [6.45, 7) is 3.04. The molecule has 1 rings (SSSR count). The third-order valence-electron chi connectivity index (χ3n) is 2.59. The lowest BCUT2D eigenvalue weighted by atomic mass is 10.0. The zero-order chi connectivity index (χ0) is 15.3. The van der Waals surface area contributed by atoms with E-state index in [1.807, 2.05) is 0 Å². The molecule has 0 bridgehead atoms. The standard InChI is InChI=1S/C14H16FN3O2/c1-14(2,13(17)20)18-12(19)11-6-5-10(15)8-9(11)4-3-7-16/h5-6,8H,7,16H2,1-2H3,(H2,17,20)(H,18,19). The second kappa shape index (κ2) is 6.17. The van der Waals surface area contributed by atoms with Crippen LogP contribution in [-0.2, 0) is 4.79 Å². The molecule has 0 heterocycles. The van der Waals surface area contributed by atoms with E-state index in [1.165, 1.54) is 19.9 Å². The van der Waals surface area contributed by atoms with Gasteiger partial charge in [0.05, 0.1) is 12.1 Å². The van der Waals surface area contributed by atoms with Crippen LogP contribution in [0, 0.1) is 17.7 Å². The molecule has 1 aromatic carbocycles. The van der Waals surface area contributed by atoms with Crippen LogP contribution in [0.4, 0.5) is 4.39 Å². The highest BCUT2D eigenvalue weighted by Crippen LogP contribution is 2.12. The second-order valence-electron chi connectivity index (χ2n) is 4.64. The minimum absolute atomic E-state index is 0.0877. The number of primary amides is 1. The Bertz CT molecular complexity index is 600. The Morgan fingerprint density at radius 2 is 2.05 bits per heavy atom. The highest BCUT2D eigenvalue weighted by Gasteiger charge is 2.28. The van der Waals surface area contributed by atoms with Crippen molar-refractivity contribution < 1.29 is 14.0 Å². The molecule has 0 fully saturated rings. The number of amides is 2. The number of carbonyl (C=O) groups excluding carboxylic acids is 2. The van der Waals surface area contributed by atoms with E-state index in [-0.39, 0.29) is 17.7 Å². The van der Waals surface area contributed by atoms with Gasteiger partial charge in [-0.2, -0.15) is 0 Å². The van der Waals surface area contributed by atoms with E-state index in [4.69, 9.17) is 11.5 Å². The Kier molecular flexibility index (Phi) is 4.83. The van der Waals surface area contributed by atoms with Gasteiger partial charge in [0.15, 0.2) is 0 Å². The lowest BCUT2D eigenvalue weighted by Crippen LogP contribution is -2.53. The van der Waals surface area contributed by atoms with Crippen LogP contribution in [0.3, 0.4) is 0 Å². The summed E-state index contributed by atoms with van der Waals surface area (Å²) in [5.41, 5.74) is 9.57. The summed E-state index contributed by atoms with van der Waals surface area (Å²) in [5.74, 6) is 3.41. The SMILES string of the molecule is CC(C)(NC(=O)c1ccc(F)cc1C#CCN)C(N)=O. The summed E-state index contributed by atoms with van der Waals surface area (Å²) >= 11 is 0. The average Bonchev–Trinajstić information content (AvgIpc) is 2.35. The number of nitrogens with one attached hydrogen (secondary N) is 1. The Labute approximate surface area is 116 Å². The monoisotopic (exact) mass is 277 g/mol. The van der Waals surface area contributed by atoms with Crippen molar-refractivity contribution in [2.75, 3.05) is 6.54 Å². The van der Waals surface area contributed by atoms with E-state index in [0.29, 0.717) is 0 Å². The number of hydrogen-bond donors (Lipinski definition) is 3. The first-order valence-electron chi connectivity index (χ1n) is 5.89. The summed E-state index contributed by atoms with van der Waals surface area (Å²) in [4.78, 5) is 23.3. The molecule has 106 valence electrons. The van der Waals surface area contributed by atoms with E-state index in [1.54, 1.807) is 0 Å². The number of halogens is 1. The molecule has 20 heavy (non-hydrogen) atoms. The third-order valence-corrected chi connectivity index (χ3v) is 2.59. The van der Waals surface area contributed by atoms with Crippen LogP contribution in [0.15, 0.2) is 18.2 Å². The Hall–Kier alpha value is -2.39. The van der Waals surface area contributed by atoms with E-state index in [0.717, 1.165) is 12.1 Å². The van der Waals surface area contributed by atoms with Crippen molar-refractivity contribution in [2.45, 2.75) is 19.4 Å². The fraction of sp³-hybridized carbons (Fsp3) is 0.286. The van der Waals surface area contributed by atoms with Crippen molar-refractivity contribution >= 4 is 11.8 Å². The molecule has 0 spiro atoms. The maximum absolute atomic E-state index is 13.2. The van der Waals surface area contributed by atoms with Crippen molar-refractivity contribution in [2.24, 2.45) is 11.5 Å². The zero-order valence-corrected chi connectivity index (χ0v) is 11.3. The van der Waals surface area contributed by atoms with Crippen LogP contribution < -0.4 is 16.8 Å². The molecule has 6 heteroatoms. The highest BCUT2D eigenvalue weighted by atomic mass is 19.1. The number of rotatable bonds is 3. The molecule has 0 aromatic heterocycles. The first kappa shape index (κ1) is 15.7. The quantitative estimate of drug-likeness (QED) is 0.685. The summed E-state index contributed by atoms with van der Waals surface area (Å²) in [6.07, 6.45) is 0. The number of hydrogen-bond acceptors (Lipinski definition) is 3. The first-order chi connectivity index (χ1) is 9.27. The van der Waals surface area contributed by atoms with Crippen LogP contribution in [0.25, 0.3) is 0 Å². The minimum Gasteiger partial charge on any atom is -0.368 e. The molecule has 0 saturated carbocycles. The van der Waals surface area contributed by atoms with Gasteiger partial charge in [-0.05, 0) is 32.0 Å². The molecular formula is C14H16FN3O2. The molecule has 2 amide bonds.